The lowest BCUT2D eigenvalue weighted by Gasteiger charge is -2.12. The Hall–Kier alpha value is -3.47. The smallest absolute Gasteiger partial charge is 0.242 e. The number of ether oxygens (including phenoxy) is 2. The molecule has 0 saturated carbocycles. The van der Waals surface area contributed by atoms with Gasteiger partial charge in [-0.1, -0.05) is 17.3 Å². The summed E-state index contributed by atoms with van der Waals surface area (Å²) in [5, 5.41) is 4.59. The first-order chi connectivity index (χ1) is 14.7. The fourth-order valence-electron chi connectivity index (χ4n) is 2.66. The fourth-order valence-corrected chi connectivity index (χ4v) is 3.76. The highest BCUT2D eigenvalue weighted by Gasteiger charge is 2.31. The van der Waals surface area contributed by atoms with E-state index in [9.17, 15) is 17.6 Å². The number of carbonyl (C=O) groups is 1. The average molecular weight is 449 g/mol. The number of nitrogens with one attached hydrogen (secondary N) is 1. The highest BCUT2D eigenvalue weighted by Crippen LogP contribution is 2.31. The van der Waals surface area contributed by atoms with Crippen LogP contribution >= 0.6 is 0 Å². The Morgan fingerprint density at radius 3 is 2.55 bits per heavy atom. The largest absolute Gasteiger partial charge is 0.493 e. The molecular weight excluding hydrogens is 429 g/mol. The number of rotatable bonds is 8. The standard InChI is InChI=1S/C20H20FN3O6S/c1-12(20(25)22-15-7-5-4-6-14(15)21)31(26,27)11-18-23-19(24-30-18)13-8-9-16(28-2)17(10-13)29-3/h4-10,12H,11H2,1-3H3,(H,22,25). The van der Waals surface area contributed by atoms with Crippen molar-refractivity contribution in [2.24, 2.45) is 0 Å². The van der Waals surface area contributed by atoms with Gasteiger partial charge in [-0.25, -0.2) is 12.8 Å². The fraction of sp³-hybridized carbons (Fsp3) is 0.250. The van der Waals surface area contributed by atoms with Gasteiger partial charge in [0.15, 0.2) is 21.3 Å². The number of sulfone groups is 1. The Kier molecular flexibility index (Phi) is 6.54. The van der Waals surface area contributed by atoms with Crippen LogP contribution in [0.2, 0.25) is 0 Å². The van der Waals surface area contributed by atoms with Gasteiger partial charge in [0.25, 0.3) is 0 Å². The minimum absolute atomic E-state index is 0.108. The molecule has 164 valence electrons. The molecule has 0 aliphatic carbocycles. The highest BCUT2D eigenvalue weighted by molar-refractivity contribution is 7.92. The third kappa shape index (κ3) is 5.00. The van der Waals surface area contributed by atoms with Gasteiger partial charge in [0.05, 0.1) is 19.9 Å². The molecule has 1 unspecified atom stereocenters. The number of para-hydroxylation sites is 1. The van der Waals surface area contributed by atoms with E-state index in [0.717, 1.165) is 6.07 Å². The van der Waals surface area contributed by atoms with Crippen LogP contribution in [0.4, 0.5) is 10.1 Å². The summed E-state index contributed by atoms with van der Waals surface area (Å²) >= 11 is 0. The zero-order valence-corrected chi connectivity index (χ0v) is 17.8. The van der Waals surface area contributed by atoms with E-state index in [0.29, 0.717) is 17.1 Å². The monoisotopic (exact) mass is 449 g/mol. The van der Waals surface area contributed by atoms with Gasteiger partial charge in [0.1, 0.15) is 16.8 Å². The average Bonchev–Trinajstić information content (AvgIpc) is 3.21. The molecule has 1 aromatic heterocycles. The first kappa shape index (κ1) is 22.2. The van der Waals surface area contributed by atoms with Crippen molar-refractivity contribution in [1.82, 2.24) is 10.1 Å². The summed E-state index contributed by atoms with van der Waals surface area (Å²) in [5.41, 5.74) is 0.415. The number of hydrogen-bond acceptors (Lipinski definition) is 8. The van der Waals surface area contributed by atoms with Crippen LogP contribution in [0.15, 0.2) is 47.0 Å². The van der Waals surface area contributed by atoms with Crippen molar-refractivity contribution >= 4 is 21.4 Å². The summed E-state index contributed by atoms with van der Waals surface area (Å²) in [6, 6.07) is 10.4. The first-order valence-corrected chi connectivity index (χ1v) is 10.8. The predicted molar refractivity (Wildman–Crippen MR) is 110 cm³/mol. The number of hydrogen-bond donors (Lipinski definition) is 1. The van der Waals surface area contributed by atoms with E-state index in [-0.39, 0.29) is 17.4 Å². The second kappa shape index (κ2) is 9.13. The number of benzene rings is 2. The normalized spacial score (nSPS) is 12.3. The van der Waals surface area contributed by atoms with Gasteiger partial charge in [-0.2, -0.15) is 4.98 Å². The van der Waals surface area contributed by atoms with E-state index in [1.807, 2.05) is 0 Å². The van der Waals surface area contributed by atoms with Crippen LogP contribution in [0.3, 0.4) is 0 Å². The predicted octanol–water partition coefficient (Wildman–Crippen LogP) is 2.83. The van der Waals surface area contributed by atoms with E-state index in [4.69, 9.17) is 14.0 Å². The maximum atomic E-state index is 13.7. The quantitative estimate of drug-likeness (QED) is 0.557. The Morgan fingerprint density at radius 1 is 1.16 bits per heavy atom. The molecule has 0 fully saturated rings. The van der Waals surface area contributed by atoms with Crippen molar-refractivity contribution < 1.29 is 31.6 Å². The molecule has 1 amide bonds. The van der Waals surface area contributed by atoms with Crippen LogP contribution in [0, 0.1) is 5.82 Å². The molecule has 9 nitrogen and oxygen atoms in total. The van der Waals surface area contributed by atoms with Crippen LogP contribution in [0.1, 0.15) is 12.8 Å². The van der Waals surface area contributed by atoms with Crippen molar-refractivity contribution in [3.8, 4) is 22.9 Å². The first-order valence-electron chi connectivity index (χ1n) is 9.07. The highest BCUT2D eigenvalue weighted by atomic mass is 32.2. The van der Waals surface area contributed by atoms with Gasteiger partial charge in [0, 0.05) is 5.56 Å². The van der Waals surface area contributed by atoms with Crippen LogP contribution in [-0.2, 0) is 20.4 Å². The summed E-state index contributed by atoms with van der Waals surface area (Å²) in [6.07, 6.45) is 0. The zero-order valence-electron chi connectivity index (χ0n) is 17.0. The molecule has 3 aromatic rings. The Labute approximate surface area is 178 Å². The molecule has 0 aliphatic rings. The maximum absolute atomic E-state index is 13.7. The number of amides is 1. The lowest BCUT2D eigenvalue weighted by Crippen LogP contribution is -2.33. The molecular formula is C20H20FN3O6S. The minimum atomic E-state index is -4.01. The lowest BCUT2D eigenvalue weighted by molar-refractivity contribution is -0.115. The van der Waals surface area contributed by atoms with Crippen molar-refractivity contribution in [2.45, 2.75) is 17.9 Å². The molecule has 2 aromatic carbocycles. The van der Waals surface area contributed by atoms with Gasteiger partial charge in [-0.3, -0.25) is 4.79 Å². The number of aromatic nitrogens is 2. The molecule has 1 N–H and O–H groups in total. The molecule has 0 spiro atoms. The van der Waals surface area contributed by atoms with Crippen LogP contribution in [-0.4, -0.2) is 43.9 Å². The number of halogens is 1. The molecule has 0 aliphatic heterocycles. The zero-order chi connectivity index (χ0) is 22.6. The second-order valence-electron chi connectivity index (χ2n) is 6.50. The number of carbonyl (C=O) groups excluding carboxylic acids is 1. The Balaban J connectivity index is 1.74. The van der Waals surface area contributed by atoms with E-state index in [2.05, 4.69) is 15.5 Å². The lowest BCUT2D eigenvalue weighted by atomic mass is 10.2. The maximum Gasteiger partial charge on any atom is 0.242 e. The summed E-state index contributed by atoms with van der Waals surface area (Å²) in [7, 11) is -1.04. The van der Waals surface area contributed by atoms with Gasteiger partial charge < -0.3 is 19.3 Å². The number of nitrogens with zero attached hydrogens (tertiary/aromatic N) is 2. The molecule has 0 saturated heterocycles. The van der Waals surface area contributed by atoms with E-state index < -0.39 is 32.6 Å². The summed E-state index contributed by atoms with van der Waals surface area (Å²) in [5.74, 6) is -1.28. The van der Waals surface area contributed by atoms with Gasteiger partial charge in [-0.15, -0.1) is 0 Å². The molecule has 0 bridgehead atoms. The second-order valence-corrected chi connectivity index (χ2v) is 8.82. The van der Waals surface area contributed by atoms with Crippen LogP contribution < -0.4 is 14.8 Å². The third-order valence-electron chi connectivity index (χ3n) is 4.47. The Bertz CT molecular complexity index is 1200. The van der Waals surface area contributed by atoms with E-state index in [1.165, 1.54) is 39.3 Å². The molecule has 0 radical (unpaired) electrons. The summed E-state index contributed by atoms with van der Waals surface area (Å²) < 4.78 is 54.4. The van der Waals surface area contributed by atoms with Gasteiger partial charge >= 0.3 is 0 Å². The summed E-state index contributed by atoms with van der Waals surface area (Å²) in [6.45, 7) is 1.21. The van der Waals surface area contributed by atoms with E-state index >= 15 is 0 Å². The van der Waals surface area contributed by atoms with Crippen molar-refractivity contribution in [3.05, 3.63) is 54.2 Å². The minimum Gasteiger partial charge on any atom is -0.493 e. The Morgan fingerprint density at radius 2 is 1.87 bits per heavy atom. The van der Waals surface area contributed by atoms with Crippen molar-refractivity contribution in [2.75, 3.05) is 19.5 Å². The molecule has 1 atom stereocenters. The third-order valence-corrected chi connectivity index (χ3v) is 6.41. The number of anilines is 1. The molecule has 1 heterocycles. The summed E-state index contributed by atoms with van der Waals surface area (Å²) in [4.78, 5) is 16.4. The van der Waals surface area contributed by atoms with Crippen LogP contribution in [0.5, 0.6) is 11.5 Å². The van der Waals surface area contributed by atoms with Gasteiger partial charge in [0.2, 0.25) is 17.6 Å². The topological polar surface area (TPSA) is 121 Å². The molecule has 11 heteroatoms. The SMILES string of the molecule is COc1ccc(-c2noc(CS(=O)(=O)C(C)C(=O)Nc3ccccc3F)n2)cc1OC. The van der Waals surface area contributed by atoms with E-state index in [1.54, 1.807) is 18.2 Å². The van der Waals surface area contributed by atoms with Gasteiger partial charge in [-0.05, 0) is 37.3 Å². The van der Waals surface area contributed by atoms with Crippen LogP contribution in [0.25, 0.3) is 11.4 Å². The van der Waals surface area contributed by atoms with Crippen molar-refractivity contribution in [3.63, 3.8) is 0 Å². The molecule has 3 rings (SSSR count). The number of methoxy groups -OCH3 is 2. The molecule has 31 heavy (non-hydrogen) atoms. The van der Waals surface area contributed by atoms with Crippen molar-refractivity contribution in [1.29, 1.82) is 0 Å².